The molecule has 0 saturated heterocycles. The maximum absolute atomic E-state index is 2.40. The van der Waals surface area contributed by atoms with E-state index >= 15 is 0 Å². The van der Waals surface area contributed by atoms with Gasteiger partial charge in [-0.2, -0.15) is 0 Å². The highest BCUT2D eigenvalue weighted by atomic mass is 32.1. The van der Waals surface area contributed by atoms with Crippen LogP contribution in [0.2, 0.25) is 0 Å². The van der Waals surface area contributed by atoms with E-state index < -0.39 is 0 Å². The van der Waals surface area contributed by atoms with Crippen molar-refractivity contribution in [3.8, 4) is 10.4 Å². The van der Waals surface area contributed by atoms with E-state index in [0.29, 0.717) is 0 Å². The van der Waals surface area contributed by atoms with Crippen molar-refractivity contribution in [1.29, 1.82) is 0 Å². The second kappa shape index (κ2) is 17.3. The monoisotopic (exact) mass is 470 g/mol. The van der Waals surface area contributed by atoms with Crippen molar-refractivity contribution in [3.05, 3.63) is 47.3 Å². The summed E-state index contributed by atoms with van der Waals surface area (Å²) in [5.74, 6) is 0. The van der Waals surface area contributed by atoms with E-state index in [1.165, 1.54) is 125 Å². The van der Waals surface area contributed by atoms with Crippen LogP contribution >= 0.6 is 11.3 Å². The predicted molar refractivity (Wildman–Crippen MR) is 150 cm³/mol. The number of rotatable bonds is 20. The summed E-state index contributed by atoms with van der Waals surface area (Å²) in [6.07, 6.45) is 23.0. The second-order valence-corrected chi connectivity index (χ2v) is 11.7. The second-order valence-electron chi connectivity index (χ2n) is 10.8. The zero-order valence-corrected chi connectivity index (χ0v) is 22.9. The van der Waals surface area contributed by atoms with Crippen molar-refractivity contribution < 1.29 is 4.48 Å². The van der Waals surface area contributed by atoms with Crippen LogP contribution in [0.1, 0.15) is 115 Å². The van der Waals surface area contributed by atoms with Crippen molar-refractivity contribution in [2.75, 3.05) is 20.6 Å². The lowest BCUT2D eigenvalue weighted by atomic mass is 10.0. The Hall–Kier alpha value is -1.12. The van der Waals surface area contributed by atoms with Crippen molar-refractivity contribution in [2.45, 2.75) is 116 Å². The first-order valence-electron chi connectivity index (χ1n) is 14.1. The quantitative estimate of drug-likeness (QED) is 0.133. The summed E-state index contributed by atoms with van der Waals surface area (Å²) < 4.78 is 1.08. The van der Waals surface area contributed by atoms with Gasteiger partial charge in [-0.1, -0.05) is 127 Å². The van der Waals surface area contributed by atoms with Crippen LogP contribution in [0.3, 0.4) is 0 Å². The Morgan fingerprint density at radius 1 is 0.606 bits per heavy atom. The molecule has 0 aliphatic rings. The summed E-state index contributed by atoms with van der Waals surface area (Å²) >= 11 is 1.85. The van der Waals surface area contributed by atoms with Crippen LogP contribution in [-0.2, 0) is 6.54 Å². The summed E-state index contributed by atoms with van der Waals surface area (Å²) in [5, 5.41) is 2.18. The number of hydrogen-bond donors (Lipinski definition) is 0. The molecule has 0 fully saturated rings. The van der Waals surface area contributed by atoms with Crippen LogP contribution in [0.25, 0.3) is 10.4 Å². The van der Waals surface area contributed by atoms with Gasteiger partial charge in [-0.05, 0) is 24.3 Å². The molecule has 0 saturated carbocycles. The lowest BCUT2D eigenvalue weighted by Crippen LogP contribution is -2.39. The average Bonchev–Trinajstić information content (AvgIpc) is 3.33. The Morgan fingerprint density at radius 2 is 1.12 bits per heavy atom. The number of unbranched alkanes of at least 4 members (excludes halogenated alkanes) is 15. The summed E-state index contributed by atoms with van der Waals surface area (Å²) in [7, 11) is 4.80. The van der Waals surface area contributed by atoms with Gasteiger partial charge >= 0.3 is 0 Å². The highest BCUT2D eigenvalue weighted by Gasteiger charge is 2.18. The Balaban J connectivity index is 1.46. The summed E-state index contributed by atoms with van der Waals surface area (Å²) in [6.45, 7) is 4.69. The molecule has 186 valence electrons. The third kappa shape index (κ3) is 12.8. The van der Waals surface area contributed by atoms with Crippen molar-refractivity contribution >= 4 is 11.3 Å². The molecular formula is C31H52NS+. The molecule has 0 atom stereocenters. The first-order valence-corrected chi connectivity index (χ1v) is 14.9. The van der Waals surface area contributed by atoms with E-state index in [1.54, 1.807) is 0 Å². The molecule has 0 aliphatic heterocycles. The van der Waals surface area contributed by atoms with Crippen LogP contribution in [0, 0.1) is 0 Å². The fourth-order valence-electron chi connectivity index (χ4n) is 4.96. The van der Waals surface area contributed by atoms with E-state index in [9.17, 15) is 0 Å². The highest BCUT2D eigenvalue weighted by Crippen LogP contribution is 2.29. The van der Waals surface area contributed by atoms with Crippen LogP contribution in [0.15, 0.2) is 41.8 Å². The molecule has 0 unspecified atom stereocenters. The minimum absolute atomic E-state index is 1.08. The van der Waals surface area contributed by atoms with E-state index in [4.69, 9.17) is 0 Å². The molecule has 0 aliphatic carbocycles. The highest BCUT2D eigenvalue weighted by molar-refractivity contribution is 7.13. The van der Waals surface area contributed by atoms with E-state index in [-0.39, 0.29) is 0 Å². The average molecular weight is 471 g/mol. The molecule has 0 bridgehead atoms. The molecule has 1 nitrogen and oxygen atoms in total. The van der Waals surface area contributed by atoms with Gasteiger partial charge in [0.25, 0.3) is 0 Å². The van der Waals surface area contributed by atoms with E-state index in [1.807, 2.05) is 11.3 Å². The van der Waals surface area contributed by atoms with Gasteiger partial charge in [0, 0.05) is 16.0 Å². The fraction of sp³-hybridized carbons (Fsp3) is 0.677. The Bertz CT molecular complexity index is 703. The molecular weight excluding hydrogens is 418 g/mol. The lowest BCUT2D eigenvalue weighted by Gasteiger charge is -2.30. The molecule has 1 aromatic carbocycles. The maximum Gasteiger partial charge on any atom is 0.105 e. The van der Waals surface area contributed by atoms with Crippen LogP contribution in [-0.4, -0.2) is 25.1 Å². The first-order chi connectivity index (χ1) is 16.1. The summed E-state index contributed by atoms with van der Waals surface area (Å²) in [4.78, 5) is 1.40. The van der Waals surface area contributed by atoms with Crippen LogP contribution in [0.4, 0.5) is 0 Å². The van der Waals surface area contributed by atoms with Crippen LogP contribution in [0.5, 0.6) is 0 Å². The van der Waals surface area contributed by atoms with Gasteiger partial charge in [-0.25, -0.2) is 0 Å². The molecule has 0 amide bonds. The SMILES string of the molecule is CCCCCCCCCCCCCCCCCC[N+](C)(C)Cc1ccccc1-c1cccs1. The number of quaternary nitrogens is 1. The third-order valence-electron chi connectivity index (χ3n) is 7.02. The summed E-state index contributed by atoms with van der Waals surface area (Å²) in [6, 6.07) is 13.4. The third-order valence-corrected chi connectivity index (χ3v) is 7.92. The number of thiophene rings is 1. The molecule has 33 heavy (non-hydrogen) atoms. The molecule has 2 rings (SSSR count). The van der Waals surface area contributed by atoms with Crippen LogP contribution < -0.4 is 0 Å². The predicted octanol–water partition coefficient (Wildman–Crippen LogP) is 10.3. The molecule has 2 aromatic rings. The van der Waals surface area contributed by atoms with Gasteiger partial charge in [-0.3, -0.25) is 0 Å². The standard InChI is InChI=1S/C31H52NS/c1-4-5-6-7-8-9-10-11-12-13-14-15-16-17-18-21-26-32(2,3)28-29-23-19-20-24-30(29)31-25-22-27-33-31/h19-20,22-25,27H,4-18,21,26,28H2,1-3H3/q+1. The zero-order valence-electron chi connectivity index (χ0n) is 22.1. The van der Waals surface area contributed by atoms with Crippen molar-refractivity contribution in [2.24, 2.45) is 0 Å². The molecule has 0 N–H and O–H groups in total. The van der Waals surface area contributed by atoms with E-state index in [0.717, 1.165) is 11.0 Å². The number of hydrogen-bond acceptors (Lipinski definition) is 1. The van der Waals surface area contributed by atoms with Crippen molar-refractivity contribution in [3.63, 3.8) is 0 Å². The van der Waals surface area contributed by atoms with Gasteiger partial charge in [0.1, 0.15) is 6.54 Å². The van der Waals surface area contributed by atoms with Crippen molar-refractivity contribution in [1.82, 2.24) is 0 Å². The van der Waals surface area contributed by atoms with E-state index in [2.05, 4.69) is 62.8 Å². The number of nitrogens with zero attached hydrogens (tertiary/aromatic N) is 1. The lowest BCUT2D eigenvalue weighted by molar-refractivity contribution is -0.903. The Kier molecular flexibility index (Phi) is 14.8. The minimum atomic E-state index is 1.08. The van der Waals surface area contributed by atoms with Gasteiger partial charge < -0.3 is 4.48 Å². The van der Waals surface area contributed by atoms with Gasteiger partial charge in [-0.15, -0.1) is 11.3 Å². The Morgan fingerprint density at radius 3 is 1.64 bits per heavy atom. The fourth-order valence-corrected chi connectivity index (χ4v) is 5.75. The normalized spacial score (nSPS) is 11.8. The molecule has 1 heterocycles. The maximum atomic E-state index is 2.40. The molecule has 0 spiro atoms. The first kappa shape index (κ1) is 28.1. The summed E-state index contributed by atoms with van der Waals surface area (Å²) in [5.41, 5.74) is 2.91. The topological polar surface area (TPSA) is 0 Å². The molecule has 0 radical (unpaired) electrons. The number of benzene rings is 1. The smallest absolute Gasteiger partial charge is 0.105 e. The van der Waals surface area contributed by atoms with Gasteiger partial charge in [0.15, 0.2) is 0 Å². The largest absolute Gasteiger partial charge is 0.325 e. The molecule has 1 aromatic heterocycles. The van der Waals surface area contributed by atoms with Gasteiger partial charge in [0.05, 0.1) is 20.6 Å². The molecule has 2 heteroatoms. The zero-order chi connectivity index (χ0) is 23.6. The van der Waals surface area contributed by atoms with Gasteiger partial charge in [0.2, 0.25) is 0 Å². The minimum Gasteiger partial charge on any atom is -0.325 e. The Labute approximate surface area is 210 Å².